The van der Waals surface area contributed by atoms with Crippen LogP contribution in [0.1, 0.15) is 77.0 Å². The molecule has 2 saturated heterocycles. The Morgan fingerprint density at radius 2 is 1.43 bits per heavy atom. The van der Waals surface area contributed by atoms with Crippen molar-refractivity contribution in [3.05, 3.63) is 140 Å². The van der Waals surface area contributed by atoms with Gasteiger partial charge in [-0.25, -0.2) is 14.4 Å². The van der Waals surface area contributed by atoms with Crippen molar-refractivity contribution >= 4 is 52.6 Å². The number of non-ortho nitro benzene ring substituents is 2. The first-order valence-electron chi connectivity index (χ1n) is 22.6. The van der Waals surface area contributed by atoms with E-state index in [4.69, 9.17) is 40.0 Å². The molecule has 2 aliphatic heterocycles. The molecule has 0 spiro atoms. The minimum absolute atomic E-state index is 0.137. The van der Waals surface area contributed by atoms with Gasteiger partial charge in [-0.15, -0.1) is 11.6 Å². The van der Waals surface area contributed by atoms with Crippen LogP contribution in [0.3, 0.4) is 0 Å². The molecule has 19 nitrogen and oxygen atoms in total. The molecule has 3 aromatic carbocycles. The minimum Gasteiger partial charge on any atom is -0.459 e. The van der Waals surface area contributed by atoms with Gasteiger partial charge in [0.05, 0.1) is 15.7 Å². The predicted molar refractivity (Wildman–Crippen MR) is 249 cm³/mol. The van der Waals surface area contributed by atoms with E-state index < -0.39 is 112 Å². The number of rotatable bonds is 24. The Hall–Kier alpha value is -6.38. The topological polar surface area (TPSA) is 267 Å². The van der Waals surface area contributed by atoms with E-state index in [1.807, 2.05) is 58.0 Å². The summed E-state index contributed by atoms with van der Waals surface area (Å²) in [6, 6.07) is 18.7. The van der Waals surface area contributed by atoms with Gasteiger partial charge in [-0.2, -0.15) is 0 Å². The summed E-state index contributed by atoms with van der Waals surface area (Å²) in [5.74, 6) is -10.5. The van der Waals surface area contributed by atoms with E-state index >= 15 is 4.79 Å². The van der Waals surface area contributed by atoms with Crippen LogP contribution in [-0.2, 0) is 72.0 Å². The lowest BCUT2D eigenvalue weighted by molar-refractivity contribution is -0.385. The Bertz CT molecular complexity index is 2430. The van der Waals surface area contributed by atoms with Gasteiger partial charge in [0.2, 0.25) is 11.4 Å². The standard InChI is InChI=1S/C50H57ClN2O17/c1-7-30(2)25-31(3)13-22-41(56)68-45-43(57)48(24-23-32(4)42(67-34(6)54)33(5)26-35-11-9-8-10-12-35)69-44(40(55)27-51)49(60,46(58)65-28-36-14-18-38(19-15-36)52(61)62)50(45,70-48)47(59)66-29-37-16-20-39(21-17-37)53(63)64/h8-22,30-31,33,42-45,57,60H,4,7,23-29H2,1-3,5-6H3/b22-13+/t30-,31+,33+,42+,43+,44+,45+,48-,49+,50-/m0/s1. The molecule has 0 amide bonds. The molecular weight excluding hydrogens is 936 g/mol. The highest BCUT2D eigenvalue weighted by Gasteiger charge is 2.86. The molecule has 70 heavy (non-hydrogen) atoms. The second kappa shape index (κ2) is 23.5. The number of carbonyl (C=O) groups excluding carboxylic acids is 5. The van der Waals surface area contributed by atoms with E-state index in [1.54, 1.807) is 0 Å². The van der Waals surface area contributed by atoms with Crippen LogP contribution in [0.5, 0.6) is 0 Å². The van der Waals surface area contributed by atoms with Crippen molar-refractivity contribution in [3.63, 3.8) is 0 Å². The average molecular weight is 993 g/mol. The van der Waals surface area contributed by atoms with Crippen LogP contribution >= 0.6 is 11.6 Å². The van der Waals surface area contributed by atoms with Crippen molar-refractivity contribution in [2.24, 2.45) is 17.8 Å². The van der Waals surface area contributed by atoms with Gasteiger partial charge in [-0.1, -0.05) is 77.1 Å². The molecule has 0 aliphatic carbocycles. The summed E-state index contributed by atoms with van der Waals surface area (Å²) in [5, 5.41) is 48.3. The van der Waals surface area contributed by atoms with Crippen LogP contribution in [0.4, 0.5) is 11.4 Å². The van der Waals surface area contributed by atoms with E-state index in [2.05, 4.69) is 6.58 Å². The Morgan fingerprint density at radius 1 is 0.871 bits per heavy atom. The molecular formula is C50H57ClN2O17. The summed E-state index contributed by atoms with van der Waals surface area (Å²) < 4.78 is 35.4. The normalized spacial score (nSPS) is 24.4. The van der Waals surface area contributed by atoms with Crippen molar-refractivity contribution in [3.8, 4) is 0 Å². The van der Waals surface area contributed by atoms with Crippen LogP contribution in [0, 0.1) is 38.0 Å². The summed E-state index contributed by atoms with van der Waals surface area (Å²) in [7, 11) is 0. The fraction of sp³-hybridized carbons (Fsp3) is 0.460. The number of aliphatic hydroxyl groups is 2. The Balaban J connectivity index is 1.65. The summed E-state index contributed by atoms with van der Waals surface area (Å²) in [5.41, 5.74) is -6.31. The molecule has 2 fully saturated rings. The smallest absolute Gasteiger partial charge is 0.346 e. The molecule has 0 unspecified atom stereocenters. The summed E-state index contributed by atoms with van der Waals surface area (Å²) in [4.78, 5) is 91.7. The SMILES string of the molecule is C=C(CC[C@]12O[C@H](C(=O)CCl)[C@@](O)(C(=O)OCc3ccc([N+](=O)[O-])cc3)[C@](C(=O)OCc3ccc([N+](=O)[O-])cc3)(O1)[C@H](OC(=O)/C=C/[C@@H](C)C[C@@H](C)CC)[C@H]2O)[C@@H](OC(C)=O)[C@H](C)Cc1ccccc1. The number of esters is 4. The van der Waals surface area contributed by atoms with Gasteiger partial charge in [0.15, 0.2) is 18.0 Å². The minimum atomic E-state index is -3.71. The number of nitro benzene ring substituents is 2. The van der Waals surface area contributed by atoms with Crippen LogP contribution in [-0.4, -0.2) is 97.0 Å². The highest BCUT2D eigenvalue weighted by atomic mass is 35.5. The van der Waals surface area contributed by atoms with Crippen LogP contribution in [0.25, 0.3) is 0 Å². The van der Waals surface area contributed by atoms with Crippen molar-refractivity contribution in [2.45, 2.75) is 121 Å². The Labute approximate surface area is 409 Å². The van der Waals surface area contributed by atoms with Crippen molar-refractivity contribution < 1.29 is 72.5 Å². The third-order valence-electron chi connectivity index (χ3n) is 12.5. The first kappa shape index (κ1) is 54.6. The maximum Gasteiger partial charge on any atom is 0.346 e. The van der Waals surface area contributed by atoms with E-state index in [0.717, 1.165) is 42.3 Å². The van der Waals surface area contributed by atoms with E-state index in [0.29, 0.717) is 12.8 Å². The number of Topliss-reactive ketones (excluding diaryl/α,β-unsaturated/α-hetero) is 1. The molecule has 0 saturated carbocycles. The molecule has 376 valence electrons. The molecule has 0 aromatic heterocycles. The highest BCUT2D eigenvalue weighted by Crippen LogP contribution is 2.57. The lowest BCUT2D eigenvalue weighted by Crippen LogP contribution is -2.78. The van der Waals surface area contributed by atoms with Crippen molar-refractivity contribution in [2.75, 3.05) is 5.88 Å². The zero-order valence-corrected chi connectivity index (χ0v) is 40.1. The molecule has 2 bridgehead atoms. The zero-order chi connectivity index (χ0) is 51.6. The van der Waals surface area contributed by atoms with Gasteiger partial charge < -0.3 is 38.6 Å². The van der Waals surface area contributed by atoms with Gasteiger partial charge in [-0.05, 0) is 77.6 Å². The average Bonchev–Trinajstić information content (AvgIpc) is 3.55. The van der Waals surface area contributed by atoms with Gasteiger partial charge >= 0.3 is 23.9 Å². The number of alkyl halides is 1. The van der Waals surface area contributed by atoms with Crippen LogP contribution < -0.4 is 0 Å². The lowest BCUT2D eigenvalue weighted by atomic mass is 9.73. The lowest BCUT2D eigenvalue weighted by Gasteiger charge is -2.50. The number of carbonyl (C=O) groups is 5. The maximum absolute atomic E-state index is 15.1. The van der Waals surface area contributed by atoms with Crippen molar-refractivity contribution in [1.82, 2.24) is 0 Å². The second-order valence-corrected chi connectivity index (χ2v) is 18.0. The van der Waals surface area contributed by atoms with Crippen molar-refractivity contribution in [1.29, 1.82) is 0 Å². The number of ether oxygens (including phenoxy) is 6. The fourth-order valence-electron chi connectivity index (χ4n) is 8.64. The number of ketones is 1. The largest absolute Gasteiger partial charge is 0.459 e. The monoisotopic (exact) mass is 992 g/mol. The van der Waals surface area contributed by atoms with Crippen LogP contribution in [0.15, 0.2) is 103 Å². The number of halogens is 1. The number of nitrogens with zero attached hydrogens (tertiary/aromatic N) is 2. The Morgan fingerprint density at radius 3 is 1.94 bits per heavy atom. The van der Waals surface area contributed by atoms with E-state index in [-0.39, 0.29) is 46.3 Å². The van der Waals surface area contributed by atoms with Gasteiger partial charge in [0.25, 0.3) is 17.0 Å². The quantitative estimate of drug-likeness (QED) is 0.0179. The molecule has 0 radical (unpaired) electrons. The number of benzene rings is 3. The first-order valence-corrected chi connectivity index (χ1v) is 23.1. The molecule has 20 heteroatoms. The summed E-state index contributed by atoms with van der Waals surface area (Å²) >= 11 is 6.11. The number of hydrogen-bond donors (Lipinski definition) is 2. The third-order valence-corrected chi connectivity index (χ3v) is 12.8. The fourth-order valence-corrected chi connectivity index (χ4v) is 8.78. The molecule has 10 atom stereocenters. The van der Waals surface area contributed by atoms with Gasteiger partial charge in [0, 0.05) is 49.6 Å². The summed E-state index contributed by atoms with van der Waals surface area (Å²) in [6.07, 6.45) is -4.60. The molecule has 2 aliphatic rings. The summed E-state index contributed by atoms with van der Waals surface area (Å²) in [6.45, 7) is 11.6. The number of hydrogen-bond acceptors (Lipinski definition) is 17. The zero-order valence-electron chi connectivity index (χ0n) is 39.4. The van der Waals surface area contributed by atoms with Crippen LogP contribution in [0.2, 0.25) is 0 Å². The van der Waals surface area contributed by atoms with Gasteiger partial charge in [0.1, 0.15) is 25.4 Å². The number of aliphatic hydroxyl groups excluding tert-OH is 1. The second-order valence-electron chi connectivity index (χ2n) is 17.8. The predicted octanol–water partition coefficient (Wildman–Crippen LogP) is 6.74. The maximum atomic E-state index is 15.1. The molecule has 5 rings (SSSR count). The van der Waals surface area contributed by atoms with E-state index in [9.17, 15) is 49.6 Å². The number of fused-ring (bicyclic) bond motifs is 2. The van der Waals surface area contributed by atoms with E-state index in [1.165, 1.54) is 37.3 Å². The highest BCUT2D eigenvalue weighted by molar-refractivity contribution is 6.28. The molecule has 2 heterocycles. The number of allylic oxidation sites excluding steroid dienone is 1. The third kappa shape index (κ3) is 12.1. The number of nitro groups is 2. The molecule has 3 aromatic rings. The first-order chi connectivity index (χ1) is 33.1. The van der Waals surface area contributed by atoms with Gasteiger partial charge in [-0.3, -0.25) is 29.8 Å². The Kier molecular flexibility index (Phi) is 18.3. The molecule has 2 N–H and O–H groups in total.